The van der Waals surface area contributed by atoms with Crippen molar-refractivity contribution in [2.45, 2.75) is 58.9 Å². The molecular formula is C15H28N2O3. The summed E-state index contributed by atoms with van der Waals surface area (Å²) >= 11 is 0. The minimum absolute atomic E-state index is 0.0379. The van der Waals surface area contributed by atoms with Crippen molar-refractivity contribution in [1.29, 1.82) is 0 Å². The molecule has 5 heteroatoms. The van der Waals surface area contributed by atoms with Gasteiger partial charge in [0, 0.05) is 25.1 Å². The summed E-state index contributed by atoms with van der Waals surface area (Å²) in [5.41, 5.74) is -0.440. The fraction of sp³-hybridized carbons (Fsp3) is 0.867. The molecular weight excluding hydrogens is 256 g/mol. The van der Waals surface area contributed by atoms with E-state index in [0.717, 1.165) is 32.1 Å². The number of likely N-dealkylation sites (tertiary alicyclic amines) is 1. The topological polar surface area (TPSA) is 69.6 Å². The van der Waals surface area contributed by atoms with E-state index in [-0.39, 0.29) is 24.5 Å². The van der Waals surface area contributed by atoms with Crippen LogP contribution in [-0.2, 0) is 9.59 Å². The van der Waals surface area contributed by atoms with Gasteiger partial charge in [0.15, 0.2) is 0 Å². The molecule has 5 nitrogen and oxygen atoms in total. The fourth-order valence-corrected chi connectivity index (χ4v) is 2.46. The summed E-state index contributed by atoms with van der Waals surface area (Å²) in [6.45, 7) is 7.16. The average Bonchev–Trinajstić information content (AvgIpc) is 2.85. The first-order chi connectivity index (χ1) is 9.38. The Labute approximate surface area is 121 Å². The summed E-state index contributed by atoms with van der Waals surface area (Å²) < 4.78 is 0. The number of amides is 2. The largest absolute Gasteiger partial charge is 0.396 e. The van der Waals surface area contributed by atoms with E-state index in [1.807, 2.05) is 20.8 Å². The van der Waals surface area contributed by atoms with Gasteiger partial charge in [0.25, 0.3) is 0 Å². The lowest BCUT2D eigenvalue weighted by Gasteiger charge is -2.30. The predicted octanol–water partition coefficient (Wildman–Crippen LogP) is 1.30. The molecule has 0 bridgehead atoms. The molecule has 1 saturated heterocycles. The van der Waals surface area contributed by atoms with Crippen LogP contribution in [0.25, 0.3) is 0 Å². The fourth-order valence-electron chi connectivity index (χ4n) is 2.46. The van der Waals surface area contributed by atoms with Crippen LogP contribution < -0.4 is 5.32 Å². The summed E-state index contributed by atoms with van der Waals surface area (Å²) in [6.07, 6.45) is 4.20. The molecule has 0 aromatic carbocycles. The number of nitrogens with zero attached hydrogens (tertiary/aromatic N) is 1. The lowest BCUT2D eigenvalue weighted by atomic mass is 9.94. The van der Waals surface area contributed by atoms with Gasteiger partial charge in [-0.15, -0.1) is 0 Å². The summed E-state index contributed by atoms with van der Waals surface area (Å²) in [5.74, 6) is 0.0135. The molecule has 0 aliphatic carbocycles. The third-order valence-electron chi connectivity index (χ3n) is 3.59. The summed E-state index contributed by atoms with van der Waals surface area (Å²) in [6, 6.07) is -0.306. The van der Waals surface area contributed by atoms with E-state index in [4.69, 9.17) is 5.11 Å². The number of hydrogen-bond donors (Lipinski definition) is 2. The van der Waals surface area contributed by atoms with E-state index in [2.05, 4.69) is 5.32 Å². The minimum Gasteiger partial charge on any atom is -0.396 e. The van der Waals surface area contributed by atoms with Gasteiger partial charge in [0.05, 0.1) is 0 Å². The average molecular weight is 284 g/mol. The Kier molecular flexibility index (Phi) is 6.46. The summed E-state index contributed by atoms with van der Waals surface area (Å²) in [4.78, 5) is 26.2. The van der Waals surface area contributed by atoms with Crippen molar-refractivity contribution in [3.05, 3.63) is 0 Å². The normalized spacial score (nSPS) is 19.2. The maximum atomic E-state index is 12.3. The summed E-state index contributed by atoms with van der Waals surface area (Å²) in [7, 11) is 0. The van der Waals surface area contributed by atoms with Crippen LogP contribution in [-0.4, -0.2) is 47.6 Å². The minimum atomic E-state index is -0.440. The van der Waals surface area contributed by atoms with Crippen LogP contribution in [0.1, 0.15) is 52.9 Å². The highest BCUT2D eigenvalue weighted by Crippen LogP contribution is 2.25. The van der Waals surface area contributed by atoms with Gasteiger partial charge in [-0.05, 0) is 32.1 Å². The van der Waals surface area contributed by atoms with E-state index in [1.165, 1.54) is 0 Å². The van der Waals surface area contributed by atoms with Crippen molar-refractivity contribution in [1.82, 2.24) is 10.2 Å². The highest BCUT2D eigenvalue weighted by Gasteiger charge is 2.38. The first-order valence-corrected chi connectivity index (χ1v) is 7.57. The molecule has 1 aliphatic rings. The van der Waals surface area contributed by atoms with Gasteiger partial charge in [-0.25, -0.2) is 0 Å². The van der Waals surface area contributed by atoms with Crippen molar-refractivity contribution in [2.75, 3.05) is 19.7 Å². The van der Waals surface area contributed by atoms with Crippen molar-refractivity contribution in [2.24, 2.45) is 5.41 Å². The van der Waals surface area contributed by atoms with Crippen molar-refractivity contribution in [3.63, 3.8) is 0 Å². The maximum Gasteiger partial charge on any atom is 0.242 e. The Bertz CT molecular complexity index is 337. The van der Waals surface area contributed by atoms with E-state index < -0.39 is 5.41 Å². The molecule has 1 heterocycles. The molecule has 1 atom stereocenters. The zero-order chi connectivity index (χ0) is 15.2. The zero-order valence-corrected chi connectivity index (χ0v) is 12.9. The van der Waals surface area contributed by atoms with Gasteiger partial charge in [-0.2, -0.15) is 0 Å². The summed E-state index contributed by atoms with van der Waals surface area (Å²) in [5, 5.41) is 11.6. The van der Waals surface area contributed by atoms with Crippen LogP contribution in [0.15, 0.2) is 0 Å². The third kappa shape index (κ3) is 4.78. The van der Waals surface area contributed by atoms with Gasteiger partial charge in [0.2, 0.25) is 11.8 Å². The van der Waals surface area contributed by atoms with Crippen LogP contribution >= 0.6 is 0 Å². The second-order valence-electron chi connectivity index (χ2n) is 6.48. The Balaban J connectivity index is 2.44. The predicted molar refractivity (Wildman–Crippen MR) is 78.1 cm³/mol. The molecule has 116 valence electrons. The van der Waals surface area contributed by atoms with Crippen molar-refractivity contribution in [3.8, 4) is 0 Å². The first kappa shape index (κ1) is 17.0. The lowest BCUT2D eigenvalue weighted by molar-refractivity contribution is -0.144. The van der Waals surface area contributed by atoms with Gasteiger partial charge < -0.3 is 15.3 Å². The van der Waals surface area contributed by atoms with Crippen LogP contribution in [0, 0.1) is 5.41 Å². The van der Waals surface area contributed by atoms with E-state index in [0.29, 0.717) is 13.1 Å². The molecule has 2 N–H and O–H groups in total. The van der Waals surface area contributed by atoms with Gasteiger partial charge >= 0.3 is 0 Å². The highest BCUT2D eigenvalue weighted by molar-refractivity contribution is 5.90. The van der Waals surface area contributed by atoms with Crippen LogP contribution in [0.5, 0.6) is 0 Å². The molecule has 0 radical (unpaired) electrons. The zero-order valence-electron chi connectivity index (χ0n) is 12.9. The lowest BCUT2D eigenvalue weighted by Crippen LogP contribution is -2.49. The molecule has 1 rings (SSSR count). The number of carbonyl (C=O) groups is 2. The van der Waals surface area contributed by atoms with E-state index in [1.54, 1.807) is 4.90 Å². The molecule has 1 unspecified atom stereocenters. The van der Waals surface area contributed by atoms with Gasteiger partial charge in [-0.1, -0.05) is 20.8 Å². The molecule has 1 fully saturated rings. The van der Waals surface area contributed by atoms with Crippen molar-refractivity contribution < 1.29 is 14.7 Å². The number of hydrogen-bond acceptors (Lipinski definition) is 3. The molecule has 0 aromatic heterocycles. The molecule has 1 aliphatic heterocycles. The number of unbranched alkanes of at least 4 members (excludes halogenated alkanes) is 2. The number of aliphatic hydroxyl groups excluding tert-OH is 1. The van der Waals surface area contributed by atoms with Crippen LogP contribution in [0.4, 0.5) is 0 Å². The molecule has 2 amide bonds. The van der Waals surface area contributed by atoms with E-state index >= 15 is 0 Å². The van der Waals surface area contributed by atoms with Gasteiger partial charge in [-0.3, -0.25) is 9.59 Å². The second-order valence-corrected chi connectivity index (χ2v) is 6.48. The van der Waals surface area contributed by atoms with E-state index in [9.17, 15) is 9.59 Å². The third-order valence-corrected chi connectivity index (χ3v) is 3.59. The standard InChI is InChI=1S/C15H28N2O3/c1-15(2,3)14(20)17-10-7-8-12(17)13(19)16-9-5-4-6-11-18/h12,18H,4-11H2,1-3H3,(H,16,19). The monoisotopic (exact) mass is 284 g/mol. The SMILES string of the molecule is CC(C)(C)C(=O)N1CCCC1C(=O)NCCCCCO. The molecule has 20 heavy (non-hydrogen) atoms. The smallest absolute Gasteiger partial charge is 0.242 e. The van der Waals surface area contributed by atoms with Crippen LogP contribution in [0.3, 0.4) is 0 Å². The van der Waals surface area contributed by atoms with Crippen LogP contribution in [0.2, 0.25) is 0 Å². The Morgan fingerprint density at radius 1 is 1.25 bits per heavy atom. The Hall–Kier alpha value is -1.10. The Morgan fingerprint density at radius 2 is 1.95 bits per heavy atom. The number of nitrogens with one attached hydrogen (secondary N) is 1. The first-order valence-electron chi connectivity index (χ1n) is 7.57. The van der Waals surface area contributed by atoms with Crippen molar-refractivity contribution >= 4 is 11.8 Å². The molecule has 0 aromatic rings. The second kappa shape index (κ2) is 7.62. The highest BCUT2D eigenvalue weighted by atomic mass is 16.3. The molecule has 0 saturated carbocycles. The number of rotatable bonds is 6. The number of aliphatic hydroxyl groups is 1. The Morgan fingerprint density at radius 3 is 2.55 bits per heavy atom. The molecule has 0 spiro atoms. The number of carbonyl (C=O) groups excluding carboxylic acids is 2. The maximum absolute atomic E-state index is 12.3. The quantitative estimate of drug-likeness (QED) is 0.722. The van der Waals surface area contributed by atoms with Gasteiger partial charge in [0.1, 0.15) is 6.04 Å².